The van der Waals surface area contributed by atoms with Crippen molar-refractivity contribution in [1.29, 1.82) is 0 Å². The summed E-state index contributed by atoms with van der Waals surface area (Å²) in [6.45, 7) is 10.2. The summed E-state index contributed by atoms with van der Waals surface area (Å²) in [7, 11) is 2.16. The molecule has 2 saturated heterocycles. The molecule has 0 radical (unpaired) electrons. The lowest BCUT2D eigenvalue weighted by molar-refractivity contribution is 0.0613. The Morgan fingerprint density at radius 1 is 0.857 bits per heavy atom. The fourth-order valence-corrected chi connectivity index (χ4v) is 5.21. The van der Waals surface area contributed by atoms with Crippen LogP contribution in [-0.4, -0.2) is 61.2 Å². The summed E-state index contributed by atoms with van der Waals surface area (Å²) in [5.41, 5.74) is 0.461. The van der Waals surface area contributed by atoms with E-state index in [-0.39, 0.29) is 0 Å². The topological polar surface area (TPSA) is 18.5 Å². The lowest BCUT2D eigenvalue weighted by atomic mass is 9.86. The molecule has 3 aliphatic rings. The molecular weight excluding hydrogens is 258 g/mol. The molecule has 3 rings (SSSR count). The van der Waals surface area contributed by atoms with E-state index in [0.29, 0.717) is 11.5 Å². The minimum absolute atomic E-state index is 0.461. The molecule has 122 valence electrons. The summed E-state index contributed by atoms with van der Waals surface area (Å²) in [5, 5.41) is 3.62. The smallest absolute Gasteiger partial charge is 0.0271 e. The van der Waals surface area contributed by atoms with Crippen LogP contribution in [-0.2, 0) is 0 Å². The number of hydrogen-bond acceptors (Lipinski definition) is 3. The van der Waals surface area contributed by atoms with Gasteiger partial charge in [-0.3, -0.25) is 4.90 Å². The van der Waals surface area contributed by atoms with Crippen LogP contribution in [0.3, 0.4) is 0 Å². The number of piperidine rings is 2. The predicted octanol–water partition coefficient (Wildman–Crippen LogP) is 2.71. The lowest BCUT2D eigenvalue weighted by Crippen LogP contribution is -2.55. The van der Waals surface area contributed by atoms with Crippen molar-refractivity contribution in [1.82, 2.24) is 15.1 Å². The fourth-order valence-electron chi connectivity index (χ4n) is 5.21. The van der Waals surface area contributed by atoms with Crippen LogP contribution in [0.5, 0.6) is 0 Å². The van der Waals surface area contributed by atoms with E-state index in [1.807, 2.05) is 0 Å². The van der Waals surface area contributed by atoms with Crippen LogP contribution in [0.4, 0.5) is 0 Å². The van der Waals surface area contributed by atoms with Crippen LogP contribution in [0.2, 0.25) is 0 Å². The SMILES string of the molecule is CNC1C(N2CCC(N3CCCCC3)CC2)CCC1(C)C. The average Bonchev–Trinajstić information content (AvgIpc) is 2.83. The molecule has 3 fully saturated rings. The van der Waals surface area contributed by atoms with Crippen LogP contribution in [0.15, 0.2) is 0 Å². The monoisotopic (exact) mass is 293 g/mol. The van der Waals surface area contributed by atoms with Gasteiger partial charge in [-0.1, -0.05) is 20.3 Å². The number of nitrogens with zero attached hydrogens (tertiary/aromatic N) is 2. The largest absolute Gasteiger partial charge is 0.315 e. The van der Waals surface area contributed by atoms with Gasteiger partial charge in [0.05, 0.1) is 0 Å². The standard InChI is InChI=1S/C18H35N3/c1-18(2)10-7-16(17(18)19-3)21-13-8-15(9-14-21)20-11-5-4-6-12-20/h15-17,19H,4-14H2,1-3H3. The third kappa shape index (κ3) is 3.30. The van der Waals surface area contributed by atoms with E-state index < -0.39 is 0 Å². The lowest BCUT2D eigenvalue weighted by Gasteiger charge is -2.44. The first kappa shape index (κ1) is 15.8. The summed E-state index contributed by atoms with van der Waals surface area (Å²) in [5.74, 6) is 0. The van der Waals surface area contributed by atoms with Gasteiger partial charge < -0.3 is 10.2 Å². The molecule has 1 N–H and O–H groups in total. The molecule has 2 unspecified atom stereocenters. The number of rotatable bonds is 3. The van der Waals surface area contributed by atoms with E-state index in [2.05, 4.69) is 36.0 Å². The predicted molar refractivity (Wildman–Crippen MR) is 89.7 cm³/mol. The van der Waals surface area contributed by atoms with Gasteiger partial charge in [0.25, 0.3) is 0 Å². The Labute approximate surface area is 131 Å². The molecule has 0 bridgehead atoms. The maximum atomic E-state index is 3.62. The van der Waals surface area contributed by atoms with Gasteiger partial charge in [0.1, 0.15) is 0 Å². The molecule has 0 spiro atoms. The van der Waals surface area contributed by atoms with Gasteiger partial charge in [0, 0.05) is 18.1 Å². The molecule has 3 heteroatoms. The van der Waals surface area contributed by atoms with Crippen molar-refractivity contribution in [3.8, 4) is 0 Å². The molecule has 1 aliphatic carbocycles. The van der Waals surface area contributed by atoms with Crippen molar-refractivity contribution >= 4 is 0 Å². The molecule has 0 aromatic rings. The summed E-state index contributed by atoms with van der Waals surface area (Å²) in [6.07, 6.45) is 9.86. The second-order valence-corrected chi connectivity index (χ2v) is 8.22. The van der Waals surface area contributed by atoms with Gasteiger partial charge in [-0.05, 0) is 77.2 Å². The molecular formula is C18H35N3. The highest BCUT2D eigenvalue weighted by atomic mass is 15.2. The van der Waals surface area contributed by atoms with Crippen molar-refractivity contribution in [3.05, 3.63) is 0 Å². The minimum Gasteiger partial charge on any atom is -0.315 e. The summed E-state index contributed by atoms with van der Waals surface area (Å²) in [6, 6.07) is 2.32. The molecule has 0 aromatic heterocycles. The molecule has 0 amide bonds. The van der Waals surface area contributed by atoms with Crippen LogP contribution in [0.25, 0.3) is 0 Å². The van der Waals surface area contributed by atoms with Crippen molar-refractivity contribution in [2.45, 2.75) is 76.9 Å². The Bertz CT molecular complexity index is 327. The maximum Gasteiger partial charge on any atom is 0.0271 e. The summed E-state index contributed by atoms with van der Waals surface area (Å²) >= 11 is 0. The molecule has 2 atom stereocenters. The third-order valence-electron chi connectivity index (χ3n) is 6.50. The zero-order valence-electron chi connectivity index (χ0n) is 14.4. The van der Waals surface area contributed by atoms with Crippen molar-refractivity contribution in [2.75, 3.05) is 33.2 Å². The van der Waals surface area contributed by atoms with Gasteiger partial charge in [0.2, 0.25) is 0 Å². The number of likely N-dealkylation sites (tertiary alicyclic amines) is 2. The van der Waals surface area contributed by atoms with Crippen molar-refractivity contribution < 1.29 is 0 Å². The first-order chi connectivity index (χ1) is 10.1. The molecule has 2 aliphatic heterocycles. The highest BCUT2D eigenvalue weighted by Crippen LogP contribution is 2.40. The van der Waals surface area contributed by atoms with Gasteiger partial charge in [-0.15, -0.1) is 0 Å². The van der Waals surface area contributed by atoms with Gasteiger partial charge in [-0.2, -0.15) is 0 Å². The molecule has 1 saturated carbocycles. The van der Waals surface area contributed by atoms with Crippen LogP contribution >= 0.6 is 0 Å². The molecule has 2 heterocycles. The number of likely N-dealkylation sites (N-methyl/N-ethyl adjacent to an activating group) is 1. The van der Waals surface area contributed by atoms with E-state index in [1.165, 1.54) is 71.1 Å². The van der Waals surface area contributed by atoms with Gasteiger partial charge in [0.15, 0.2) is 0 Å². The van der Waals surface area contributed by atoms with Crippen molar-refractivity contribution in [3.63, 3.8) is 0 Å². The number of nitrogens with one attached hydrogen (secondary N) is 1. The minimum atomic E-state index is 0.461. The second-order valence-electron chi connectivity index (χ2n) is 8.22. The normalized spacial score (nSPS) is 36.1. The van der Waals surface area contributed by atoms with E-state index in [0.717, 1.165) is 12.1 Å². The van der Waals surface area contributed by atoms with Gasteiger partial charge in [-0.25, -0.2) is 0 Å². The van der Waals surface area contributed by atoms with Crippen LogP contribution < -0.4 is 5.32 Å². The Balaban J connectivity index is 1.53. The zero-order chi connectivity index (χ0) is 14.9. The van der Waals surface area contributed by atoms with Gasteiger partial charge >= 0.3 is 0 Å². The average molecular weight is 293 g/mol. The fraction of sp³-hybridized carbons (Fsp3) is 1.00. The van der Waals surface area contributed by atoms with Crippen molar-refractivity contribution in [2.24, 2.45) is 5.41 Å². The van der Waals surface area contributed by atoms with Crippen LogP contribution in [0.1, 0.15) is 58.8 Å². The molecule has 21 heavy (non-hydrogen) atoms. The van der Waals surface area contributed by atoms with E-state index in [1.54, 1.807) is 0 Å². The summed E-state index contributed by atoms with van der Waals surface area (Å²) < 4.78 is 0. The Morgan fingerprint density at radius 2 is 1.52 bits per heavy atom. The quantitative estimate of drug-likeness (QED) is 0.863. The highest BCUT2D eigenvalue weighted by molar-refractivity contribution is 5.01. The molecule has 3 nitrogen and oxygen atoms in total. The molecule has 0 aromatic carbocycles. The first-order valence-corrected chi connectivity index (χ1v) is 9.27. The second kappa shape index (κ2) is 6.55. The van der Waals surface area contributed by atoms with E-state index in [9.17, 15) is 0 Å². The third-order valence-corrected chi connectivity index (χ3v) is 6.50. The highest BCUT2D eigenvalue weighted by Gasteiger charge is 2.44. The maximum absolute atomic E-state index is 3.62. The zero-order valence-corrected chi connectivity index (χ0v) is 14.4. The first-order valence-electron chi connectivity index (χ1n) is 9.27. The van der Waals surface area contributed by atoms with E-state index >= 15 is 0 Å². The Hall–Kier alpha value is -0.120. The summed E-state index contributed by atoms with van der Waals surface area (Å²) in [4.78, 5) is 5.59. The number of hydrogen-bond donors (Lipinski definition) is 1. The van der Waals surface area contributed by atoms with E-state index in [4.69, 9.17) is 0 Å². The van der Waals surface area contributed by atoms with Crippen LogP contribution in [0, 0.1) is 5.41 Å². The Morgan fingerprint density at radius 3 is 2.14 bits per heavy atom. The Kier molecular flexibility index (Phi) is 4.92.